The molecule has 5 nitrogen and oxygen atoms in total. The van der Waals surface area contributed by atoms with E-state index in [-0.39, 0.29) is 17.5 Å². The third-order valence-electron chi connectivity index (χ3n) is 3.42. The number of nitrogens with two attached hydrogens (primary N) is 1. The van der Waals surface area contributed by atoms with Crippen molar-refractivity contribution in [2.45, 2.75) is 32.7 Å². The number of hydrogen-bond donors (Lipinski definition) is 1. The molecule has 0 amide bonds. The molecule has 1 unspecified atom stereocenters. The Morgan fingerprint density at radius 3 is 2.71 bits per heavy atom. The van der Waals surface area contributed by atoms with Gasteiger partial charge in [0.1, 0.15) is 0 Å². The zero-order valence-corrected chi connectivity index (χ0v) is 11.1. The standard InChI is InChI=1S/C11H19N3O2S/c1-8-11(3-5-12)9(2)14(13-8)10-4-6-17(15,16)7-10/h10H,3-7,12H2,1-2H3. The minimum absolute atomic E-state index is 0.00484. The summed E-state index contributed by atoms with van der Waals surface area (Å²) in [4.78, 5) is 0. The van der Waals surface area contributed by atoms with Crippen LogP contribution in [0.3, 0.4) is 0 Å². The molecule has 0 aromatic carbocycles. The fraction of sp³-hybridized carbons (Fsp3) is 0.727. The van der Waals surface area contributed by atoms with Crippen LogP contribution in [0.4, 0.5) is 0 Å². The number of hydrogen-bond acceptors (Lipinski definition) is 4. The van der Waals surface area contributed by atoms with Crippen molar-refractivity contribution in [2.24, 2.45) is 5.73 Å². The fourth-order valence-electron chi connectivity index (χ4n) is 2.53. The first kappa shape index (κ1) is 12.6. The molecule has 2 N–H and O–H groups in total. The Labute approximate surface area is 102 Å². The fourth-order valence-corrected chi connectivity index (χ4v) is 4.22. The lowest BCUT2D eigenvalue weighted by atomic mass is 10.1. The zero-order valence-electron chi connectivity index (χ0n) is 10.3. The van der Waals surface area contributed by atoms with Crippen molar-refractivity contribution >= 4 is 9.84 Å². The summed E-state index contributed by atoms with van der Waals surface area (Å²) < 4.78 is 24.8. The largest absolute Gasteiger partial charge is 0.330 e. The maximum absolute atomic E-state index is 11.5. The molecule has 1 atom stereocenters. The molecule has 2 heterocycles. The van der Waals surface area contributed by atoms with Gasteiger partial charge in [0.15, 0.2) is 9.84 Å². The first-order valence-electron chi connectivity index (χ1n) is 5.89. The van der Waals surface area contributed by atoms with Crippen molar-refractivity contribution in [3.05, 3.63) is 17.0 Å². The van der Waals surface area contributed by atoms with Gasteiger partial charge in [0.05, 0.1) is 23.2 Å². The highest BCUT2D eigenvalue weighted by atomic mass is 32.2. The lowest BCUT2D eigenvalue weighted by Crippen LogP contribution is -2.14. The summed E-state index contributed by atoms with van der Waals surface area (Å²) in [5.41, 5.74) is 8.77. The van der Waals surface area contributed by atoms with Crippen LogP contribution < -0.4 is 5.73 Å². The van der Waals surface area contributed by atoms with Gasteiger partial charge in [0.2, 0.25) is 0 Å². The topological polar surface area (TPSA) is 78.0 Å². The summed E-state index contributed by atoms with van der Waals surface area (Å²) in [5, 5.41) is 4.47. The monoisotopic (exact) mass is 257 g/mol. The van der Waals surface area contributed by atoms with Gasteiger partial charge in [-0.2, -0.15) is 5.10 Å². The van der Waals surface area contributed by atoms with Crippen LogP contribution in [0.2, 0.25) is 0 Å². The summed E-state index contributed by atoms with van der Waals surface area (Å²) in [7, 11) is -2.86. The zero-order chi connectivity index (χ0) is 12.6. The second-order valence-corrected chi connectivity index (χ2v) is 6.92. The maximum Gasteiger partial charge on any atom is 0.152 e. The van der Waals surface area contributed by atoms with E-state index in [0.29, 0.717) is 13.0 Å². The number of sulfone groups is 1. The maximum atomic E-state index is 11.5. The van der Waals surface area contributed by atoms with E-state index in [2.05, 4.69) is 5.10 Å². The van der Waals surface area contributed by atoms with Crippen LogP contribution in [0.15, 0.2) is 0 Å². The van der Waals surface area contributed by atoms with Crippen LogP contribution in [-0.2, 0) is 16.3 Å². The summed E-state index contributed by atoms with van der Waals surface area (Å²) in [6, 6.07) is 0.00484. The van der Waals surface area contributed by atoms with E-state index in [1.54, 1.807) is 0 Å². The van der Waals surface area contributed by atoms with E-state index < -0.39 is 9.84 Å². The van der Waals surface area contributed by atoms with Crippen LogP contribution in [0.5, 0.6) is 0 Å². The van der Waals surface area contributed by atoms with E-state index in [4.69, 9.17) is 5.73 Å². The molecule has 1 saturated heterocycles. The van der Waals surface area contributed by atoms with Crippen molar-refractivity contribution in [1.29, 1.82) is 0 Å². The van der Waals surface area contributed by atoms with Crippen LogP contribution in [0.25, 0.3) is 0 Å². The second-order valence-electron chi connectivity index (χ2n) is 4.69. The smallest absolute Gasteiger partial charge is 0.152 e. The second kappa shape index (κ2) is 4.42. The lowest BCUT2D eigenvalue weighted by molar-refractivity contribution is 0.485. The molecule has 2 rings (SSSR count). The summed E-state index contributed by atoms with van der Waals surface area (Å²) in [6.07, 6.45) is 1.48. The van der Waals surface area contributed by atoms with E-state index in [1.165, 1.54) is 0 Å². The van der Waals surface area contributed by atoms with Crippen molar-refractivity contribution < 1.29 is 8.42 Å². The molecule has 1 aliphatic heterocycles. The van der Waals surface area contributed by atoms with Crippen molar-refractivity contribution in [2.75, 3.05) is 18.1 Å². The molecular formula is C11H19N3O2S. The number of nitrogens with zero attached hydrogens (tertiary/aromatic N) is 2. The van der Waals surface area contributed by atoms with Crippen LogP contribution in [0, 0.1) is 13.8 Å². The highest BCUT2D eigenvalue weighted by Crippen LogP contribution is 2.26. The molecular weight excluding hydrogens is 238 g/mol. The SMILES string of the molecule is Cc1nn(C2CCS(=O)(=O)C2)c(C)c1CCN. The summed E-state index contributed by atoms with van der Waals surface area (Å²) in [6.45, 7) is 4.55. The molecule has 17 heavy (non-hydrogen) atoms. The van der Waals surface area contributed by atoms with Gasteiger partial charge in [-0.15, -0.1) is 0 Å². The molecule has 0 spiro atoms. The number of rotatable bonds is 3. The van der Waals surface area contributed by atoms with Gasteiger partial charge >= 0.3 is 0 Å². The van der Waals surface area contributed by atoms with Gasteiger partial charge in [-0.3, -0.25) is 4.68 Å². The minimum Gasteiger partial charge on any atom is -0.330 e. The Morgan fingerprint density at radius 1 is 1.47 bits per heavy atom. The number of aryl methyl sites for hydroxylation is 1. The van der Waals surface area contributed by atoms with Gasteiger partial charge in [-0.25, -0.2) is 8.42 Å². The van der Waals surface area contributed by atoms with Gasteiger partial charge in [0, 0.05) is 5.69 Å². The first-order valence-corrected chi connectivity index (χ1v) is 7.72. The minimum atomic E-state index is -2.86. The van der Waals surface area contributed by atoms with E-state index >= 15 is 0 Å². The van der Waals surface area contributed by atoms with Crippen molar-refractivity contribution in [3.8, 4) is 0 Å². The third kappa shape index (κ3) is 2.37. The predicted octanol–water partition coefficient (Wildman–Crippen LogP) is 0.361. The Morgan fingerprint density at radius 2 is 2.18 bits per heavy atom. The highest BCUT2D eigenvalue weighted by molar-refractivity contribution is 7.91. The normalized spacial score (nSPS) is 23.1. The van der Waals surface area contributed by atoms with Crippen LogP contribution >= 0.6 is 0 Å². The molecule has 1 aliphatic rings. The van der Waals surface area contributed by atoms with E-state index in [1.807, 2.05) is 18.5 Å². The lowest BCUT2D eigenvalue weighted by Gasteiger charge is -2.11. The van der Waals surface area contributed by atoms with Crippen LogP contribution in [0.1, 0.15) is 29.4 Å². The van der Waals surface area contributed by atoms with Gasteiger partial charge in [-0.05, 0) is 38.8 Å². The quantitative estimate of drug-likeness (QED) is 0.848. The third-order valence-corrected chi connectivity index (χ3v) is 5.17. The highest BCUT2D eigenvalue weighted by Gasteiger charge is 2.31. The average molecular weight is 257 g/mol. The molecule has 96 valence electrons. The van der Waals surface area contributed by atoms with Gasteiger partial charge < -0.3 is 5.73 Å². The van der Waals surface area contributed by atoms with Gasteiger partial charge in [0.25, 0.3) is 0 Å². The first-order chi connectivity index (χ1) is 7.94. The average Bonchev–Trinajstić information content (AvgIpc) is 2.73. The molecule has 0 aliphatic carbocycles. The molecule has 1 aromatic rings. The Kier molecular flexibility index (Phi) is 3.27. The Balaban J connectivity index is 2.31. The molecule has 0 saturated carbocycles. The molecule has 0 radical (unpaired) electrons. The van der Waals surface area contributed by atoms with E-state index in [0.717, 1.165) is 23.4 Å². The van der Waals surface area contributed by atoms with E-state index in [9.17, 15) is 8.42 Å². The molecule has 1 fully saturated rings. The van der Waals surface area contributed by atoms with Gasteiger partial charge in [-0.1, -0.05) is 0 Å². The summed E-state index contributed by atoms with van der Waals surface area (Å²) >= 11 is 0. The number of aromatic nitrogens is 2. The Bertz CT molecular complexity index is 519. The van der Waals surface area contributed by atoms with Crippen molar-refractivity contribution in [3.63, 3.8) is 0 Å². The predicted molar refractivity (Wildman–Crippen MR) is 66.8 cm³/mol. The molecule has 0 bridgehead atoms. The molecule has 6 heteroatoms. The Hall–Kier alpha value is -0.880. The molecule has 1 aromatic heterocycles. The van der Waals surface area contributed by atoms with Crippen molar-refractivity contribution in [1.82, 2.24) is 9.78 Å². The van der Waals surface area contributed by atoms with Crippen LogP contribution in [-0.4, -0.2) is 36.2 Å². The summed E-state index contributed by atoms with van der Waals surface area (Å²) in [5.74, 6) is 0.499.